The van der Waals surface area contributed by atoms with Crippen molar-refractivity contribution in [1.82, 2.24) is 4.90 Å². The number of thioether (sulfide) groups is 1. The summed E-state index contributed by atoms with van der Waals surface area (Å²) in [7, 11) is 4.71. The zero-order chi connectivity index (χ0) is 18.7. The number of amides is 1. The summed E-state index contributed by atoms with van der Waals surface area (Å²) in [5, 5.41) is 0. The van der Waals surface area contributed by atoms with Crippen LogP contribution in [-0.2, 0) is 4.79 Å². The van der Waals surface area contributed by atoms with Crippen molar-refractivity contribution in [3.63, 3.8) is 0 Å². The third kappa shape index (κ3) is 3.69. The monoisotopic (exact) mass is 393 g/mol. The van der Waals surface area contributed by atoms with Gasteiger partial charge in [0.1, 0.15) is 4.32 Å². The first-order chi connectivity index (χ1) is 12.6. The molecule has 26 heavy (non-hydrogen) atoms. The summed E-state index contributed by atoms with van der Waals surface area (Å²) < 4.78 is 16.8. The minimum absolute atomic E-state index is 0.000603. The molecule has 0 spiro atoms. The van der Waals surface area contributed by atoms with E-state index >= 15 is 0 Å². The van der Waals surface area contributed by atoms with Crippen LogP contribution in [0.1, 0.15) is 37.7 Å². The van der Waals surface area contributed by atoms with Crippen molar-refractivity contribution in [3.8, 4) is 17.2 Å². The van der Waals surface area contributed by atoms with Gasteiger partial charge in [0.25, 0.3) is 5.91 Å². The summed E-state index contributed by atoms with van der Waals surface area (Å²) in [5.41, 5.74) is 0.809. The lowest BCUT2D eigenvalue weighted by atomic mass is 9.94. The molecule has 1 heterocycles. The normalized spacial score (nSPS) is 20.0. The van der Waals surface area contributed by atoms with E-state index in [9.17, 15) is 4.79 Å². The Balaban J connectivity index is 1.90. The maximum atomic E-state index is 12.9. The molecule has 1 aromatic carbocycles. The van der Waals surface area contributed by atoms with Crippen LogP contribution in [0.15, 0.2) is 17.0 Å². The van der Waals surface area contributed by atoms with Gasteiger partial charge in [-0.25, -0.2) is 0 Å². The van der Waals surface area contributed by atoms with Crippen molar-refractivity contribution in [1.29, 1.82) is 0 Å². The molecule has 0 bridgehead atoms. The average Bonchev–Trinajstić information content (AvgIpc) is 2.94. The highest BCUT2D eigenvalue weighted by Gasteiger charge is 2.37. The Morgan fingerprint density at radius 2 is 1.69 bits per heavy atom. The minimum atomic E-state index is 0.000603. The van der Waals surface area contributed by atoms with Gasteiger partial charge in [-0.05, 0) is 36.6 Å². The smallest absolute Gasteiger partial charge is 0.266 e. The summed E-state index contributed by atoms with van der Waals surface area (Å²) in [5.74, 6) is 1.64. The number of rotatable bonds is 5. The molecule has 7 heteroatoms. The van der Waals surface area contributed by atoms with Crippen molar-refractivity contribution in [2.75, 3.05) is 21.3 Å². The van der Waals surface area contributed by atoms with Crippen molar-refractivity contribution in [2.45, 2.75) is 38.1 Å². The van der Waals surface area contributed by atoms with E-state index in [1.165, 1.54) is 18.2 Å². The van der Waals surface area contributed by atoms with Crippen molar-refractivity contribution >= 4 is 40.3 Å². The van der Waals surface area contributed by atoms with Gasteiger partial charge in [-0.1, -0.05) is 43.2 Å². The number of hydrogen-bond acceptors (Lipinski definition) is 6. The standard InChI is InChI=1S/C19H23NO4S2/c1-22-14-9-12(10-15(23-2)17(14)24-3)11-16-18(21)20(19(25)26-16)13-7-5-4-6-8-13/h9-11,13H,4-8H2,1-3H3. The Morgan fingerprint density at radius 3 is 2.23 bits per heavy atom. The second kappa shape index (κ2) is 8.31. The van der Waals surface area contributed by atoms with Crippen LogP contribution in [-0.4, -0.2) is 42.5 Å². The van der Waals surface area contributed by atoms with Gasteiger partial charge in [0.05, 0.1) is 26.2 Å². The highest BCUT2D eigenvalue weighted by Crippen LogP contribution is 2.41. The number of carbonyl (C=O) groups is 1. The number of nitrogens with zero attached hydrogens (tertiary/aromatic N) is 1. The fourth-order valence-electron chi connectivity index (χ4n) is 3.47. The number of ether oxygens (including phenoxy) is 3. The first-order valence-corrected chi connectivity index (χ1v) is 9.88. The number of methoxy groups -OCH3 is 3. The number of hydrogen-bond donors (Lipinski definition) is 0. The Labute approximate surface area is 163 Å². The van der Waals surface area contributed by atoms with E-state index in [1.54, 1.807) is 21.3 Å². The summed E-state index contributed by atoms with van der Waals surface area (Å²) in [6, 6.07) is 3.89. The summed E-state index contributed by atoms with van der Waals surface area (Å²) in [4.78, 5) is 15.4. The SMILES string of the molecule is COc1cc(C=C2SC(=S)N(C3CCCCC3)C2=O)cc(OC)c1OC. The molecule has 1 aliphatic carbocycles. The largest absolute Gasteiger partial charge is 0.493 e. The van der Waals surface area contributed by atoms with Crippen molar-refractivity contribution in [3.05, 3.63) is 22.6 Å². The molecular weight excluding hydrogens is 370 g/mol. The quantitative estimate of drug-likeness (QED) is 0.551. The Bertz CT molecular complexity index is 716. The molecule has 1 aromatic rings. The second-order valence-corrected chi connectivity index (χ2v) is 7.98. The molecular formula is C19H23NO4S2. The maximum Gasteiger partial charge on any atom is 0.266 e. The zero-order valence-corrected chi connectivity index (χ0v) is 16.9. The van der Waals surface area contributed by atoms with E-state index in [0.717, 1.165) is 31.2 Å². The fourth-order valence-corrected chi connectivity index (χ4v) is 4.87. The van der Waals surface area contributed by atoms with Crippen LogP contribution in [0.25, 0.3) is 6.08 Å². The number of thiocarbonyl (C=S) groups is 1. The van der Waals surface area contributed by atoms with Gasteiger partial charge in [0, 0.05) is 6.04 Å². The molecule has 0 radical (unpaired) electrons. The van der Waals surface area contributed by atoms with E-state index < -0.39 is 0 Å². The number of benzene rings is 1. The van der Waals surface area contributed by atoms with Crippen molar-refractivity contribution in [2.24, 2.45) is 0 Å². The van der Waals surface area contributed by atoms with Crippen LogP contribution < -0.4 is 14.2 Å². The van der Waals surface area contributed by atoms with Gasteiger partial charge in [0.15, 0.2) is 11.5 Å². The Kier molecular flexibility index (Phi) is 6.09. The zero-order valence-electron chi connectivity index (χ0n) is 15.2. The van der Waals surface area contributed by atoms with Gasteiger partial charge in [-0.2, -0.15) is 0 Å². The molecule has 2 aliphatic rings. The van der Waals surface area contributed by atoms with Crippen LogP contribution in [0.4, 0.5) is 0 Å². The highest BCUT2D eigenvalue weighted by molar-refractivity contribution is 8.26. The third-order valence-electron chi connectivity index (χ3n) is 4.75. The molecule has 0 N–H and O–H groups in total. The van der Waals surface area contributed by atoms with Crippen LogP contribution in [0.5, 0.6) is 17.2 Å². The van der Waals surface area contributed by atoms with Crippen LogP contribution in [0, 0.1) is 0 Å². The van der Waals surface area contributed by atoms with Gasteiger partial charge < -0.3 is 14.2 Å². The topological polar surface area (TPSA) is 48.0 Å². The average molecular weight is 394 g/mol. The van der Waals surface area contributed by atoms with Crippen LogP contribution >= 0.6 is 24.0 Å². The van der Waals surface area contributed by atoms with E-state index in [1.807, 2.05) is 23.1 Å². The molecule has 1 saturated carbocycles. The lowest BCUT2D eigenvalue weighted by Crippen LogP contribution is -2.39. The van der Waals surface area contributed by atoms with Crippen LogP contribution in [0.3, 0.4) is 0 Å². The summed E-state index contributed by atoms with van der Waals surface area (Å²) in [6.07, 6.45) is 7.47. The lowest BCUT2D eigenvalue weighted by molar-refractivity contribution is -0.124. The van der Waals surface area contributed by atoms with Gasteiger partial charge in [0.2, 0.25) is 5.75 Å². The van der Waals surface area contributed by atoms with E-state index in [-0.39, 0.29) is 11.9 Å². The summed E-state index contributed by atoms with van der Waals surface area (Å²) >= 11 is 6.85. The molecule has 0 aromatic heterocycles. The molecule has 1 amide bonds. The van der Waals surface area contributed by atoms with Gasteiger partial charge >= 0.3 is 0 Å². The molecule has 1 aliphatic heterocycles. The first kappa shape index (κ1) is 19.0. The highest BCUT2D eigenvalue weighted by atomic mass is 32.2. The molecule has 5 nitrogen and oxygen atoms in total. The van der Waals surface area contributed by atoms with E-state index in [0.29, 0.717) is 26.5 Å². The Hall–Kier alpha value is -1.73. The van der Waals surface area contributed by atoms with Crippen LogP contribution in [0.2, 0.25) is 0 Å². The minimum Gasteiger partial charge on any atom is -0.493 e. The molecule has 0 atom stereocenters. The van der Waals surface area contributed by atoms with E-state index in [4.69, 9.17) is 26.4 Å². The molecule has 140 valence electrons. The first-order valence-electron chi connectivity index (χ1n) is 8.66. The van der Waals surface area contributed by atoms with Gasteiger partial charge in [-0.15, -0.1) is 0 Å². The lowest BCUT2D eigenvalue weighted by Gasteiger charge is -2.29. The second-order valence-electron chi connectivity index (χ2n) is 6.30. The number of carbonyl (C=O) groups excluding carboxylic acids is 1. The fraction of sp³-hybridized carbons (Fsp3) is 0.474. The molecule has 0 unspecified atom stereocenters. The predicted octanol–water partition coefficient (Wildman–Crippen LogP) is 4.25. The summed E-state index contributed by atoms with van der Waals surface area (Å²) in [6.45, 7) is 0. The van der Waals surface area contributed by atoms with Crippen molar-refractivity contribution < 1.29 is 19.0 Å². The molecule has 3 rings (SSSR count). The van der Waals surface area contributed by atoms with Gasteiger partial charge in [-0.3, -0.25) is 9.69 Å². The third-order valence-corrected chi connectivity index (χ3v) is 6.08. The Morgan fingerprint density at radius 1 is 1.08 bits per heavy atom. The van der Waals surface area contributed by atoms with E-state index in [2.05, 4.69) is 0 Å². The maximum absolute atomic E-state index is 12.9. The predicted molar refractivity (Wildman–Crippen MR) is 108 cm³/mol. The molecule has 1 saturated heterocycles. The molecule has 2 fully saturated rings.